The normalized spacial score (nSPS) is 12.5. The zero-order valence-corrected chi connectivity index (χ0v) is 16.4. The van der Waals surface area contributed by atoms with Crippen LogP contribution in [0.5, 0.6) is 0 Å². The van der Waals surface area contributed by atoms with Gasteiger partial charge in [-0.15, -0.1) is 0 Å². The van der Waals surface area contributed by atoms with Crippen molar-refractivity contribution in [2.24, 2.45) is 5.92 Å². The van der Waals surface area contributed by atoms with E-state index in [1.54, 1.807) is 57.3 Å². The van der Waals surface area contributed by atoms with Crippen LogP contribution in [0.15, 0.2) is 47.4 Å². The average molecular weight is 396 g/mol. The van der Waals surface area contributed by atoms with Crippen molar-refractivity contribution in [3.05, 3.63) is 53.1 Å². The summed E-state index contributed by atoms with van der Waals surface area (Å²) in [6, 6.07) is 11.2. The minimum Gasteiger partial charge on any atom is -0.326 e. The zero-order valence-electron chi connectivity index (χ0n) is 14.8. The molecule has 0 aliphatic carbocycles. The van der Waals surface area contributed by atoms with Crippen LogP contribution in [0.1, 0.15) is 12.5 Å². The highest BCUT2D eigenvalue weighted by Crippen LogP contribution is 2.24. The average Bonchev–Trinajstić information content (AvgIpc) is 2.58. The number of halogens is 1. The first-order valence-electron chi connectivity index (χ1n) is 8.07. The molecule has 0 heterocycles. The third-order valence-electron chi connectivity index (χ3n) is 3.80. The largest absolute Gasteiger partial charge is 0.326 e. The molecular formula is C18H22ClN3O3S. The molecule has 1 amide bonds. The first kappa shape index (κ1) is 20.2. The number of anilines is 2. The maximum Gasteiger partial charge on any atom is 0.262 e. The lowest BCUT2D eigenvalue weighted by Crippen LogP contribution is -2.28. The standard InChI is InChI=1S/C18H22ClN3O3S/c1-12-4-7-16(21-18(23)13(2)11-20-3)10-17(12)26(24,25)22-15-8-5-14(19)6-9-15/h4-10,13,20,22H,11H2,1-3H3,(H,21,23). The van der Waals surface area contributed by atoms with Crippen LogP contribution in [0.2, 0.25) is 5.02 Å². The molecule has 0 aliphatic rings. The number of amides is 1. The van der Waals surface area contributed by atoms with Gasteiger partial charge in [0.05, 0.1) is 4.90 Å². The molecule has 2 rings (SSSR count). The molecule has 1 atom stereocenters. The predicted molar refractivity (Wildman–Crippen MR) is 105 cm³/mol. The van der Waals surface area contributed by atoms with Crippen LogP contribution in [0, 0.1) is 12.8 Å². The van der Waals surface area contributed by atoms with Crippen molar-refractivity contribution in [1.29, 1.82) is 0 Å². The molecular weight excluding hydrogens is 374 g/mol. The molecule has 6 nitrogen and oxygen atoms in total. The van der Waals surface area contributed by atoms with E-state index < -0.39 is 10.0 Å². The predicted octanol–water partition coefficient (Wildman–Crippen LogP) is 3.24. The second-order valence-electron chi connectivity index (χ2n) is 6.04. The molecule has 2 aromatic rings. The summed E-state index contributed by atoms with van der Waals surface area (Å²) in [6.07, 6.45) is 0. The molecule has 1 unspecified atom stereocenters. The van der Waals surface area contributed by atoms with Gasteiger partial charge in [0.25, 0.3) is 10.0 Å². The van der Waals surface area contributed by atoms with E-state index in [0.717, 1.165) is 0 Å². The Hall–Kier alpha value is -2.09. The summed E-state index contributed by atoms with van der Waals surface area (Å²) in [6.45, 7) is 4.02. The fourth-order valence-corrected chi connectivity index (χ4v) is 3.82. The van der Waals surface area contributed by atoms with Crippen molar-refractivity contribution in [1.82, 2.24) is 5.32 Å². The Morgan fingerprint density at radius 3 is 2.35 bits per heavy atom. The third kappa shape index (κ3) is 5.20. The van der Waals surface area contributed by atoms with Crippen LogP contribution in [0.3, 0.4) is 0 Å². The van der Waals surface area contributed by atoms with Gasteiger partial charge in [-0.3, -0.25) is 9.52 Å². The fraction of sp³-hybridized carbons (Fsp3) is 0.278. The molecule has 0 aliphatic heterocycles. The molecule has 0 fully saturated rings. The fourth-order valence-electron chi connectivity index (χ4n) is 2.36. The Morgan fingerprint density at radius 1 is 1.12 bits per heavy atom. The summed E-state index contributed by atoms with van der Waals surface area (Å²) in [5, 5.41) is 6.20. The highest BCUT2D eigenvalue weighted by Gasteiger charge is 2.19. The van der Waals surface area contributed by atoms with Gasteiger partial charge in [0, 0.05) is 28.9 Å². The summed E-state index contributed by atoms with van der Waals surface area (Å²) < 4.78 is 27.9. The molecule has 3 N–H and O–H groups in total. The minimum absolute atomic E-state index is 0.103. The Kier molecular flexibility index (Phi) is 6.63. The van der Waals surface area contributed by atoms with Crippen LogP contribution >= 0.6 is 11.6 Å². The van der Waals surface area contributed by atoms with Gasteiger partial charge in [-0.05, 0) is 55.9 Å². The number of nitrogens with one attached hydrogen (secondary N) is 3. The molecule has 0 saturated carbocycles. The molecule has 140 valence electrons. The van der Waals surface area contributed by atoms with E-state index in [2.05, 4.69) is 15.4 Å². The van der Waals surface area contributed by atoms with Gasteiger partial charge in [-0.2, -0.15) is 0 Å². The summed E-state index contributed by atoms with van der Waals surface area (Å²) in [5.74, 6) is -0.425. The number of aryl methyl sites for hydroxylation is 1. The maximum atomic E-state index is 12.7. The minimum atomic E-state index is -3.80. The van der Waals surface area contributed by atoms with Gasteiger partial charge in [0.2, 0.25) is 5.91 Å². The summed E-state index contributed by atoms with van der Waals surface area (Å²) >= 11 is 5.82. The van der Waals surface area contributed by atoms with Crippen LogP contribution in [0.25, 0.3) is 0 Å². The number of carbonyl (C=O) groups excluding carboxylic acids is 1. The monoisotopic (exact) mass is 395 g/mol. The first-order chi connectivity index (χ1) is 12.2. The SMILES string of the molecule is CNCC(C)C(=O)Nc1ccc(C)c(S(=O)(=O)Nc2ccc(Cl)cc2)c1. The number of rotatable bonds is 7. The summed E-state index contributed by atoms with van der Waals surface area (Å²) in [7, 11) is -2.04. The van der Waals surface area contributed by atoms with Crippen LogP contribution in [0.4, 0.5) is 11.4 Å². The van der Waals surface area contributed by atoms with Crippen LogP contribution < -0.4 is 15.4 Å². The van der Waals surface area contributed by atoms with E-state index in [4.69, 9.17) is 11.6 Å². The van der Waals surface area contributed by atoms with Gasteiger partial charge < -0.3 is 10.6 Å². The second kappa shape index (κ2) is 8.53. The van der Waals surface area contributed by atoms with Crippen molar-refractivity contribution < 1.29 is 13.2 Å². The number of hydrogen-bond acceptors (Lipinski definition) is 4. The highest BCUT2D eigenvalue weighted by atomic mass is 35.5. The molecule has 0 spiro atoms. The van der Waals surface area contributed by atoms with Crippen LogP contribution in [-0.4, -0.2) is 27.9 Å². The summed E-state index contributed by atoms with van der Waals surface area (Å²) in [4.78, 5) is 12.2. The van der Waals surface area contributed by atoms with E-state index in [1.807, 2.05) is 0 Å². The van der Waals surface area contributed by atoms with Gasteiger partial charge in [0.15, 0.2) is 0 Å². The van der Waals surface area contributed by atoms with Gasteiger partial charge in [-0.1, -0.05) is 24.6 Å². The lowest BCUT2D eigenvalue weighted by molar-refractivity contribution is -0.119. The lowest BCUT2D eigenvalue weighted by atomic mass is 10.1. The molecule has 2 aromatic carbocycles. The number of hydrogen-bond donors (Lipinski definition) is 3. The van der Waals surface area contributed by atoms with E-state index in [-0.39, 0.29) is 16.7 Å². The molecule has 0 aromatic heterocycles. The van der Waals surface area contributed by atoms with E-state index in [1.165, 1.54) is 6.07 Å². The van der Waals surface area contributed by atoms with Crippen molar-refractivity contribution in [2.45, 2.75) is 18.7 Å². The van der Waals surface area contributed by atoms with Gasteiger partial charge in [-0.25, -0.2) is 8.42 Å². The van der Waals surface area contributed by atoms with Crippen molar-refractivity contribution >= 4 is 38.9 Å². The molecule has 0 radical (unpaired) electrons. The number of sulfonamides is 1. The molecule has 0 saturated heterocycles. The van der Waals surface area contributed by atoms with Crippen molar-refractivity contribution in [3.8, 4) is 0 Å². The maximum absolute atomic E-state index is 12.7. The van der Waals surface area contributed by atoms with E-state index >= 15 is 0 Å². The van der Waals surface area contributed by atoms with Crippen LogP contribution in [-0.2, 0) is 14.8 Å². The first-order valence-corrected chi connectivity index (χ1v) is 9.93. The zero-order chi connectivity index (χ0) is 19.3. The van der Waals surface area contributed by atoms with Crippen molar-refractivity contribution in [2.75, 3.05) is 23.6 Å². The quantitative estimate of drug-likeness (QED) is 0.671. The lowest BCUT2D eigenvalue weighted by Gasteiger charge is -2.14. The highest BCUT2D eigenvalue weighted by molar-refractivity contribution is 7.92. The number of carbonyl (C=O) groups is 1. The smallest absolute Gasteiger partial charge is 0.262 e. The Balaban J connectivity index is 2.25. The summed E-state index contributed by atoms with van der Waals surface area (Å²) in [5.41, 5.74) is 1.42. The molecule has 0 bridgehead atoms. The Morgan fingerprint density at radius 2 is 1.73 bits per heavy atom. The number of benzene rings is 2. The molecule has 8 heteroatoms. The second-order valence-corrected chi connectivity index (χ2v) is 8.13. The van der Waals surface area contributed by atoms with Gasteiger partial charge in [0.1, 0.15) is 0 Å². The Labute approximate surface area is 159 Å². The van der Waals surface area contributed by atoms with E-state index in [0.29, 0.717) is 28.5 Å². The topological polar surface area (TPSA) is 87.3 Å². The Bertz CT molecular complexity index is 883. The van der Waals surface area contributed by atoms with Gasteiger partial charge >= 0.3 is 0 Å². The molecule has 26 heavy (non-hydrogen) atoms. The van der Waals surface area contributed by atoms with Crippen molar-refractivity contribution in [3.63, 3.8) is 0 Å². The third-order valence-corrected chi connectivity index (χ3v) is 5.57. The van der Waals surface area contributed by atoms with E-state index in [9.17, 15) is 13.2 Å².